The third-order valence-corrected chi connectivity index (χ3v) is 8.10. The van der Waals surface area contributed by atoms with E-state index in [0.29, 0.717) is 0 Å². The largest absolute Gasteiger partial charge is 0.376 e. The normalized spacial score (nSPS) is 17.1. The molecule has 2 aliphatic rings. The van der Waals surface area contributed by atoms with Crippen molar-refractivity contribution in [2.24, 2.45) is 0 Å². The van der Waals surface area contributed by atoms with Gasteiger partial charge in [-0.2, -0.15) is 0 Å². The van der Waals surface area contributed by atoms with E-state index in [2.05, 4.69) is 94.8 Å². The van der Waals surface area contributed by atoms with Gasteiger partial charge in [0.1, 0.15) is 5.60 Å². The first-order valence-electron chi connectivity index (χ1n) is 11.6. The second-order valence-electron chi connectivity index (χ2n) is 9.17. The third-order valence-electron chi connectivity index (χ3n) is 7.41. The Kier molecular flexibility index (Phi) is 4.27. The summed E-state index contributed by atoms with van der Waals surface area (Å²) in [5.74, 6) is 0. The third kappa shape index (κ3) is 2.64. The van der Waals surface area contributed by atoms with E-state index in [1.165, 1.54) is 22.3 Å². The number of hydrogen-bond donors (Lipinski definition) is 1. The fourth-order valence-electron chi connectivity index (χ4n) is 5.89. The number of fused-ring (bicyclic) bond motifs is 6. The summed E-state index contributed by atoms with van der Waals surface area (Å²) in [5, 5.41) is 12.7. The quantitative estimate of drug-likeness (QED) is 0.255. The molecule has 1 N–H and O–H groups in total. The van der Waals surface area contributed by atoms with Gasteiger partial charge in [0.25, 0.3) is 0 Å². The van der Waals surface area contributed by atoms with Crippen molar-refractivity contribution in [2.45, 2.75) is 12.0 Å². The second kappa shape index (κ2) is 7.27. The molecular formula is C32H21BrO. The summed E-state index contributed by atoms with van der Waals surface area (Å²) in [6.07, 6.45) is 0.900. The monoisotopic (exact) mass is 500 g/mol. The molecule has 0 aromatic heterocycles. The number of hydrogen-bond acceptors (Lipinski definition) is 1. The molecule has 0 aliphatic heterocycles. The molecule has 7 rings (SSSR count). The van der Waals surface area contributed by atoms with Gasteiger partial charge in [-0.25, -0.2) is 0 Å². The maximum atomic E-state index is 12.7. The van der Waals surface area contributed by atoms with Gasteiger partial charge >= 0.3 is 0 Å². The van der Waals surface area contributed by atoms with Gasteiger partial charge in [0.15, 0.2) is 0 Å². The highest BCUT2D eigenvalue weighted by Gasteiger charge is 2.45. The molecule has 0 amide bonds. The fraction of sp³-hybridized carbons (Fsp3) is 0.0625. The van der Waals surface area contributed by atoms with E-state index in [4.69, 9.17) is 0 Å². The second-order valence-corrected chi connectivity index (χ2v) is 10.0. The Balaban J connectivity index is 1.53. The lowest BCUT2D eigenvalue weighted by Gasteiger charge is -2.29. The lowest BCUT2D eigenvalue weighted by Crippen LogP contribution is -2.27. The number of aliphatic hydroxyl groups is 1. The number of rotatable bonds is 2. The molecule has 0 saturated carbocycles. The van der Waals surface area contributed by atoms with Crippen LogP contribution in [0.3, 0.4) is 0 Å². The molecule has 5 aromatic carbocycles. The van der Waals surface area contributed by atoms with Crippen molar-refractivity contribution in [3.8, 4) is 33.4 Å². The van der Waals surface area contributed by atoms with E-state index in [1.807, 2.05) is 30.3 Å². The molecule has 0 spiro atoms. The van der Waals surface area contributed by atoms with Crippen molar-refractivity contribution in [3.05, 3.63) is 141 Å². The van der Waals surface area contributed by atoms with E-state index in [0.717, 1.165) is 49.8 Å². The summed E-state index contributed by atoms with van der Waals surface area (Å²) in [5.41, 5.74) is 11.1. The fourth-order valence-corrected chi connectivity index (χ4v) is 6.39. The van der Waals surface area contributed by atoms with Gasteiger partial charge in [0.2, 0.25) is 0 Å². The topological polar surface area (TPSA) is 20.2 Å². The Morgan fingerprint density at radius 1 is 0.500 bits per heavy atom. The van der Waals surface area contributed by atoms with Crippen LogP contribution in [0.4, 0.5) is 0 Å². The zero-order valence-corrected chi connectivity index (χ0v) is 20.0. The van der Waals surface area contributed by atoms with Crippen LogP contribution in [0, 0.1) is 0 Å². The molecule has 0 saturated heterocycles. The van der Waals surface area contributed by atoms with Crippen molar-refractivity contribution in [3.63, 3.8) is 0 Å². The molecule has 2 heteroatoms. The molecule has 0 bridgehead atoms. The van der Waals surface area contributed by atoms with Gasteiger partial charge in [0.05, 0.1) is 0 Å². The molecule has 0 heterocycles. The van der Waals surface area contributed by atoms with Gasteiger partial charge in [-0.3, -0.25) is 0 Å². The molecular weight excluding hydrogens is 480 g/mol. The van der Waals surface area contributed by atoms with Gasteiger partial charge in [-0.05, 0) is 63.1 Å². The molecule has 162 valence electrons. The Bertz CT molecular complexity index is 1620. The highest BCUT2D eigenvalue weighted by atomic mass is 79.9. The van der Waals surface area contributed by atoms with Crippen LogP contribution < -0.4 is 0 Å². The van der Waals surface area contributed by atoms with Crippen molar-refractivity contribution in [1.82, 2.24) is 0 Å². The number of halogens is 1. The molecule has 34 heavy (non-hydrogen) atoms. The van der Waals surface area contributed by atoms with Crippen LogP contribution in [-0.2, 0) is 12.0 Å². The van der Waals surface area contributed by atoms with Crippen LogP contribution in [0.1, 0.15) is 27.8 Å². The lowest BCUT2D eigenvalue weighted by atomic mass is 9.79. The summed E-state index contributed by atoms with van der Waals surface area (Å²) in [6.45, 7) is 0. The zero-order valence-electron chi connectivity index (χ0n) is 18.4. The minimum Gasteiger partial charge on any atom is -0.376 e. The summed E-state index contributed by atoms with van der Waals surface area (Å²) in [6, 6.07) is 38.0. The van der Waals surface area contributed by atoms with E-state index in [-0.39, 0.29) is 0 Å². The average Bonchev–Trinajstić information content (AvgIpc) is 3.37. The van der Waals surface area contributed by atoms with Crippen molar-refractivity contribution >= 4 is 15.9 Å². The van der Waals surface area contributed by atoms with E-state index in [9.17, 15) is 5.11 Å². The molecule has 1 atom stereocenters. The van der Waals surface area contributed by atoms with Crippen LogP contribution in [0.15, 0.2) is 114 Å². The molecule has 5 aromatic rings. The summed E-state index contributed by atoms with van der Waals surface area (Å²) >= 11 is 3.73. The van der Waals surface area contributed by atoms with Crippen LogP contribution in [0.5, 0.6) is 0 Å². The van der Waals surface area contributed by atoms with Crippen molar-refractivity contribution in [2.75, 3.05) is 0 Å². The first-order chi connectivity index (χ1) is 16.7. The highest BCUT2D eigenvalue weighted by molar-refractivity contribution is 9.10. The summed E-state index contributed by atoms with van der Waals surface area (Å²) in [7, 11) is 0. The molecule has 0 radical (unpaired) electrons. The van der Waals surface area contributed by atoms with Gasteiger partial charge in [0, 0.05) is 21.2 Å². The molecule has 1 unspecified atom stereocenters. The SMILES string of the molecule is OC1(c2ccccc2-c2ccccc2Br)c2ccccc2-c2cc3c(cc21)Cc1ccccc1-3. The van der Waals surface area contributed by atoms with E-state index >= 15 is 0 Å². The zero-order chi connectivity index (χ0) is 22.9. The Labute approximate surface area is 207 Å². The minimum atomic E-state index is -1.23. The van der Waals surface area contributed by atoms with Gasteiger partial charge in [-0.1, -0.05) is 113 Å². The highest BCUT2D eigenvalue weighted by Crippen LogP contribution is 2.55. The van der Waals surface area contributed by atoms with Crippen LogP contribution in [0.2, 0.25) is 0 Å². The van der Waals surface area contributed by atoms with Crippen molar-refractivity contribution in [1.29, 1.82) is 0 Å². The minimum absolute atomic E-state index is 0.900. The maximum absolute atomic E-state index is 12.7. The predicted octanol–water partition coefficient (Wildman–Crippen LogP) is 7.95. The Morgan fingerprint density at radius 2 is 1.06 bits per heavy atom. The van der Waals surface area contributed by atoms with Crippen molar-refractivity contribution < 1.29 is 5.11 Å². The summed E-state index contributed by atoms with van der Waals surface area (Å²) in [4.78, 5) is 0. The first kappa shape index (κ1) is 20.0. The predicted molar refractivity (Wildman–Crippen MR) is 142 cm³/mol. The summed E-state index contributed by atoms with van der Waals surface area (Å²) < 4.78 is 1.02. The Hall–Kier alpha value is -3.46. The van der Waals surface area contributed by atoms with Crippen LogP contribution in [0.25, 0.3) is 33.4 Å². The van der Waals surface area contributed by atoms with Gasteiger partial charge in [-0.15, -0.1) is 0 Å². The molecule has 0 fully saturated rings. The van der Waals surface area contributed by atoms with E-state index < -0.39 is 5.60 Å². The molecule has 1 nitrogen and oxygen atoms in total. The lowest BCUT2D eigenvalue weighted by molar-refractivity contribution is 0.131. The maximum Gasteiger partial charge on any atom is 0.142 e. The molecule has 2 aliphatic carbocycles. The van der Waals surface area contributed by atoms with Crippen LogP contribution >= 0.6 is 15.9 Å². The average molecular weight is 501 g/mol. The first-order valence-corrected chi connectivity index (χ1v) is 12.4. The Morgan fingerprint density at radius 3 is 1.76 bits per heavy atom. The smallest absolute Gasteiger partial charge is 0.142 e. The number of benzene rings is 5. The van der Waals surface area contributed by atoms with E-state index in [1.54, 1.807) is 0 Å². The van der Waals surface area contributed by atoms with Crippen LogP contribution in [-0.4, -0.2) is 5.11 Å². The van der Waals surface area contributed by atoms with Gasteiger partial charge < -0.3 is 5.11 Å². The standard InChI is InChI=1S/C32H21BrO/c33-31-16-8-5-13-25(31)23-11-3-6-14-28(23)32(34)29-15-7-4-12-24(29)27-19-26-21(18-30(27)32)17-20-9-1-2-10-22(20)26/h1-16,18-19,34H,17H2.